The minimum atomic E-state index is 0.358. The zero-order chi connectivity index (χ0) is 18.8. The van der Waals surface area contributed by atoms with Crippen molar-refractivity contribution in [2.24, 2.45) is 0 Å². The molecule has 0 aliphatic carbocycles. The standard InChI is InChI=1S/C18H16N6OS2/c1-3-4-5-9-24-10-20-13-15(19)22-17(23-16(13)24)27-18-21-11-7-6-8-12(25-2)14(11)26-18/h1,6-8,10H,4-5,9H2,2H3,(H2,19,22,23). The van der Waals surface area contributed by atoms with E-state index in [-0.39, 0.29) is 0 Å². The number of unbranched alkanes of at least 4 members (excludes halogenated alkanes) is 1. The molecular formula is C18H16N6OS2. The van der Waals surface area contributed by atoms with Crippen LogP contribution in [-0.2, 0) is 6.54 Å². The molecule has 0 unspecified atom stereocenters. The highest BCUT2D eigenvalue weighted by atomic mass is 32.2. The van der Waals surface area contributed by atoms with Crippen LogP contribution in [0, 0.1) is 12.3 Å². The van der Waals surface area contributed by atoms with Crippen molar-refractivity contribution in [3.05, 3.63) is 24.5 Å². The van der Waals surface area contributed by atoms with Gasteiger partial charge in [0.1, 0.15) is 11.3 Å². The van der Waals surface area contributed by atoms with Crippen molar-refractivity contribution in [1.82, 2.24) is 24.5 Å². The normalized spacial score (nSPS) is 11.1. The number of anilines is 1. The van der Waals surface area contributed by atoms with Gasteiger partial charge < -0.3 is 15.0 Å². The lowest BCUT2D eigenvalue weighted by molar-refractivity contribution is 0.420. The van der Waals surface area contributed by atoms with Gasteiger partial charge in [0.05, 0.1) is 23.7 Å². The van der Waals surface area contributed by atoms with E-state index < -0.39 is 0 Å². The summed E-state index contributed by atoms with van der Waals surface area (Å²) in [6, 6.07) is 5.80. The lowest BCUT2D eigenvalue weighted by Crippen LogP contribution is -2.01. The summed E-state index contributed by atoms with van der Waals surface area (Å²) >= 11 is 2.92. The van der Waals surface area contributed by atoms with Crippen LogP contribution in [0.2, 0.25) is 0 Å². The summed E-state index contributed by atoms with van der Waals surface area (Å²) in [7, 11) is 1.65. The zero-order valence-electron chi connectivity index (χ0n) is 14.5. The predicted octanol–water partition coefficient (Wildman–Crippen LogP) is 3.59. The monoisotopic (exact) mass is 396 g/mol. The maximum absolute atomic E-state index is 6.09. The van der Waals surface area contributed by atoms with Crippen molar-refractivity contribution < 1.29 is 4.74 Å². The molecule has 0 spiro atoms. The maximum atomic E-state index is 6.09. The van der Waals surface area contributed by atoms with Crippen LogP contribution in [0.15, 0.2) is 34.0 Å². The Kier molecular flexibility index (Phi) is 4.83. The van der Waals surface area contributed by atoms with Gasteiger partial charge in [0.15, 0.2) is 21.0 Å². The molecule has 2 N–H and O–H groups in total. The van der Waals surface area contributed by atoms with Crippen LogP contribution < -0.4 is 10.5 Å². The number of benzene rings is 1. The molecule has 0 radical (unpaired) electrons. The van der Waals surface area contributed by atoms with E-state index in [1.807, 2.05) is 22.8 Å². The Labute approximate surface area is 164 Å². The largest absolute Gasteiger partial charge is 0.495 e. The van der Waals surface area contributed by atoms with Crippen molar-refractivity contribution >= 4 is 50.3 Å². The minimum Gasteiger partial charge on any atom is -0.495 e. The SMILES string of the molecule is C#CCCCn1cnc2c(N)nc(Sc3nc4cccc(OC)c4s3)nc21. The van der Waals surface area contributed by atoms with Gasteiger partial charge in [-0.25, -0.2) is 19.9 Å². The molecule has 0 saturated heterocycles. The Morgan fingerprint density at radius 3 is 3.04 bits per heavy atom. The van der Waals surface area contributed by atoms with Gasteiger partial charge in [-0.05, 0) is 30.3 Å². The van der Waals surface area contributed by atoms with E-state index in [0.717, 1.165) is 33.3 Å². The smallest absolute Gasteiger partial charge is 0.198 e. The number of fused-ring (bicyclic) bond motifs is 2. The molecule has 0 amide bonds. The number of thiazole rings is 1. The summed E-state index contributed by atoms with van der Waals surface area (Å²) in [6.45, 7) is 0.736. The van der Waals surface area contributed by atoms with Gasteiger partial charge in [-0.3, -0.25) is 0 Å². The second-order valence-corrected chi connectivity index (χ2v) is 7.91. The summed E-state index contributed by atoms with van der Waals surface area (Å²) < 4.78 is 9.18. The molecular weight excluding hydrogens is 380 g/mol. The van der Waals surface area contributed by atoms with Crippen LogP contribution in [-0.4, -0.2) is 31.6 Å². The lowest BCUT2D eigenvalue weighted by Gasteiger charge is -2.04. The highest BCUT2D eigenvalue weighted by molar-refractivity contribution is 8.01. The van der Waals surface area contributed by atoms with Crippen molar-refractivity contribution in [2.75, 3.05) is 12.8 Å². The van der Waals surface area contributed by atoms with E-state index >= 15 is 0 Å². The van der Waals surface area contributed by atoms with Crippen LogP contribution in [0.1, 0.15) is 12.8 Å². The van der Waals surface area contributed by atoms with Gasteiger partial charge in [0.2, 0.25) is 0 Å². The quantitative estimate of drug-likeness (QED) is 0.302. The summed E-state index contributed by atoms with van der Waals surface area (Å²) in [5.41, 5.74) is 8.29. The first kappa shape index (κ1) is 17.6. The molecule has 9 heteroatoms. The summed E-state index contributed by atoms with van der Waals surface area (Å²) in [5, 5.41) is 0.539. The first-order valence-corrected chi connectivity index (χ1v) is 9.86. The van der Waals surface area contributed by atoms with Crippen LogP contribution in [0.5, 0.6) is 5.75 Å². The number of aryl methyl sites for hydroxylation is 1. The fraction of sp³-hybridized carbons (Fsp3) is 0.222. The molecule has 1 aromatic carbocycles. The molecule has 0 atom stereocenters. The number of terminal acetylenes is 1. The number of rotatable bonds is 6. The van der Waals surface area contributed by atoms with E-state index in [4.69, 9.17) is 16.9 Å². The summed E-state index contributed by atoms with van der Waals surface area (Å²) in [4.78, 5) is 18.0. The van der Waals surface area contributed by atoms with E-state index in [9.17, 15) is 0 Å². The predicted molar refractivity (Wildman–Crippen MR) is 108 cm³/mol. The molecule has 136 valence electrons. The second kappa shape index (κ2) is 7.42. The van der Waals surface area contributed by atoms with Crippen molar-refractivity contribution in [3.8, 4) is 18.1 Å². The van der Waals surface area contributed by atoms with Gasteiger partial charge in [-0.15, -0.1) is 23.7 Å². The maximum Gasteiger partial charge on any atom is 0.198 e. The van der Waals surface area contributed by atoms with E-state index in [2.05, 4.69) is 25.9 Å². The number of hydrogen-bond donors (Lipinski definition) is 1. The van der Waals surface area contributed by atoms with Crippen molar-refractivity contribution in [1.29, 1.82) is 0 Å². The fourth-order valence-corrected chi connectivity index (χ4v) is 4.70. The number of nitrogen functional groups attached to an aromatic ring is 1. The molecule has 0 fully saturated rings. The van der Waals surface area contributed by atoms with E-state index in [1.165, 1.54) is 23.1 Å². The number of ether oxygens (including phenoxy) is 1. The number of nitrogens with zero attached hydrogens (tertiary/aromatic N) is 5. The Morgan fingerprint density at radius 1 is 1.33 bits per heavy atom. The Bertz CT molecular complexity index is 1160. The average molecular weight is 397 g/mol. The molecule has 4 rings (SSSR count). The Hall–Kier alpha value is -2.83. The van der Waals surface area contributed by atoms with Gasteiger partial charge in [0.25, 0.3) is 0 Å². The van der Waals surface area contributed by atoms with Gasteiger partial charge in [-0.1, -0.05) is 6.07 Å². The second-order valence-electron chi connectivity index (χ2n) is 5.70. The van der Waals surface area contributed by atoms with Crippen LogP contribution in [0.3, 0.4) is 0 Å². The van der Waals surface area contributed by atoms with Crippen molar-refractivity contribution in [2.45, 2.75) is 28.9 Å². The minimum absolute atomic E-state index is 0.358. The van der Waals surface area contributed by atoms with Crippen molar-refractivity contribution in [3.63, 3.8) is 0 Å². The van der Waals surface area contributed by atoms with Gasteiger partial charge in [0, 0.05) is 13.0 Å². The van der Waals surface area contributed by atoms with E-state index in [0.29, 0.717) is 28.6 Å². The molecule has 0 bridgehead atoms. The Balaban J connectivity index is 1.67. The van der Waals surface area contributed by atoms with Gasteiger partial charge >= 0.3 is 0 Å². The van der Waals surface area contributed by atoms with E-state index in [1.54, 1.807) is 13.4 Å². The molecule has 0 aliphatic rings. The number of hydrogen-bond acceptors (Lipinski definition) is 8. The molecule has 4 aromatic rings. The molecule has 3 aromatic heterocycles. The van der Waals surface area contributed by atoms with Crippen LogP contribution in [0.25, 0.3) is 21.4 Å². The number of nitrogens with two attached hydrogens (primary N) is 1. The Morgan fingerprint density at radius 2 is 2.22 bits per heavy atom. The first-order valence-electron chi connectivity index (χ1n) is 8.23. The molecule has 0 aliphatic heterocycles. The number of methoxy groups -OCH3 is 1. The molecule has 0 saturated carbocycles. The topological polar surface area (TPSA) is 91.7 Å². The number of imidazole rings is 1. The first-order chi connectivity index (χ1) is 13.2. The molecule has 3 heterocycles. The van der Waals surface area contributed by atoms with Gasteiger partial charge in [-0.2, -0.15) is 0 Å². The van der Waals surface area contributed by atoms with Crippen LogP contribution in [0.4, 0.5) is 5.82 Å². The zero-order valence-corrected chi connectivity index (χ0v) is 16.2. The third-order valence-corrected chi connectivity index (χ3v) is 5.96. The summed E-state index contributed by atoms with van der Waals surface area (Å²) in [5.74, 6) is 3.81. The average Bonchev–Trinajstić information content (AvgIpc) is 3.25. The lowest BCUT2D eigenvalue weighted by atomic mass is 10.3. The highest BCUT2D eigenvalue weighted by Gasteiger charge is 2.15. The highest BCUT2D eigenvalue weighted by Crippen LogP contribution is 2.37. The molecule has 7 nitrogen and oxygen atoms in total. The van der Waals surface area contributed by atoms with Crippen LogP contribution >= 0.6 is 23.1 Å². The summed E-state index contributed by atoms with van der Waals surface area (Å²) in [6.07, 6.45) is 8.61. The molecule has 27 heavy (non-hydrogen) atoms. The third-order valence-electron chi connectivity index (χ3n) is 3.95. The number of aromatic nitrogens is 5. The fourth-order valence-electron chi connectivity index (χ4n) is 2.69. The third kappa shape index (κ3) is 3.41.